The van der Waals surface area contributed by atoms with E-state index in [9.17, 15) is 9.59 Å². The first-order valence-electron chi connectivity index (χ1n) is 5.34. The van der Waals surface area contributed by atoms with Crippen LogP contribution < -0.4 is 0 Å². The highest BCUT2D eigenvalue weighted by Crippen LogP contribution is 2.22. The van der Waals surface area contributed by atoms with Crippen molar-refractivity contribution in [1.82, 2.24) is 9.80 Å². The Morgan fingerprint density at radius 1 is 1.65 bits per heavy atom. The largest absolute Gasteiger partial charge is 0.480 e. The third kappa shape index (κ3) is 3.27. The zero-order chi connectivity index (χ0) is 12.8. The second-order valence-corrected chi connectivity index (χ2v) is 4.59. The highest BCUT2D eigenvalue weighted by Gasteiger charge is 2.36. The summed E-state index contributed by atoms with van der Waals surface area (Å²) >= 11 is 1.43. The van der Waals surface area contributed by atoms with Crippen LogP contribution >= 0.6 is 11.8 Å². The zero-order valence-corrected chi connectivity index (χ0v) is 10.4. The standard InChI is InChI=1S/C10H15N3O3S/c1-2-12(5-3-4-11)10(16)13-7-17-6-8(13)9(14)15/h8H,2-3,5-7H2,1H3,(H,14,15)/t8-/m0/s1. The number of carboxylic acid groups (broad SMARTS) is 1. The smallest absolute Gasteiger partial charge is 0.327 e. The number of aliphatic carboxylic acids is 1. The summed E-state index contributed by atoms with van der Waals surface area (Å²) < 4.78 is 0. The van der Waals surface area contributed by atoms with E-state index in [4.69, 9.17) is 10.4 Å². The van der Waals surface area contributed by atoms with Gasteiger partial charge in [-0.15, -0.1) is 11.8 Å². The van der Waals surface area contributed by atoms with E-state index in [1.54, 1.807) is 0 Å². The third-order valence-electron chi connectivity index (χ3n) is 2.56. The minimum absolute atomic E-state index is 0.262. The van der Waals surface area contributed by atoms with Crippen molar-refractivity contribution in [3.8, 4) is 6.07 Å². The van der Waals surface area contributed by atoms with Gasteiger partial charge in [0.1, 0.15) is 6.04 Å². The first kappa shape index (κ1) is 13.6. The molecule has 1 N–H and O–H groups in total. The minimum Gasteiger partial charge on any atom is -0.480 e. The second kappa shape index (κ2) is 6.35. The van der Waals surface area contributed by atoms with E-state index in [-0.39, 0.29) is 12.5 Å². The van der Waals surface area contributed by atoms with E-state index in [0.29, 0.717) is 24.7 Å². The van der Waals surface area contributed by atoms with Gasteiger partial charge in [0.15, 0.2) is 0 Å². The first-order valence-corrected chi connectivity index (χ1v) is 6.50. The van der Waals surface area contributed by atoms with Crippen LogP contribution in [0.25, 0.3) is 0 Å². The van der Waals surface area contributed by atoms with Gasteiger partial charge in [0.25, 0.3) is 0 Å². The van der Waals surface area contributed by atoms with Gasteiger partial charge in [-0.1, -0.05) is 0 Å². The Labute approximate surface area is 104 Å². The summed E-state index contributed by atoms with van der Waals surface area (Å²) in [6.07, 6.45) is 0.262. The van der Waals surface area contributed by atoms with Crippen LogP contribution in [0.1, 0.15) is 13.3 Å². The van der Waals surface area contributed by atoms with Crippen LogP contribution in [0.5, 0.6) is 0 Å². The van der Waals surface area contributed by atoms with Crippen LogP contribution in [0.15, 0.2) is 0 Å². The molecule has 1 aliphatic heterocycles. The molecule has 1 fully saturated rings. The van der Waals surface area contributed by atoms with Crippen molar-refractivity contribution >= 4 is 23.8 Å². The first-order chi connectivity index (χ1) is 8.11. The van der Waals surface area contributed by atoms with Gasteiger partial charge in [-0.05, 0) is 6.92 Å². The third-order valence-corrected chi connectivity index (χ3v) is 3.57. The zero-order valence-electron chi connectivity index (χ0n) is 9.63. The molecule has 0 bridgehead atoms. The lowest BCUT2D eigenvalue weighted by molar-refractivity contribution is -0.140. The van der Waals surface area contributed by atoms with Gasteiger partial charge in [0, 0.05) is 18.8 Å². The van der Waals surface area contributed by atoms with Gasteiger partial charge in [-0.2, -0.15) is 5.26 Å². The van der Waals surface area contributed by atoms with Crippen molar-refractivity contribution in [2.24, 2.45) is 0 Å². The topological polar surface area (TPSA) is 84.6 Å². The number of amides is 2. The predicted molar refractivity (Wildman–Crippen MR) is 63.5 cm³/mol. The molecule has 1 atom stereocenters. The molecule has 1 saturated heterocycles. The lowest BCUT2D eigenvalue weighted by Crippen LogP contribution is -2.48. The lowest BCUT2D eigenvalue weighted by Gasteiger charge is -2.28. The Hall–Kier alpha value is -1.42. The normalized spacial score (nSPS) is 18.8. The van der Waals surface area contributed by atoms with E-state index >= 15 is 0 Å². The summed E-state index contributed by atoms with van der Waals surface area (Å²) in [4.78, 5) is 25.9. The van der Waals surface area contributed by atoms with E-state index in [0.717, 1.165) is 0 Å². The van der Waals surface area contributed by atoms with Crippen molar-refractivity contribution in [3.63, 3.8) is 0 Å². The van der Waals surface area contributed by atoms with Gasteiger partial charge in [-0.25, -0.2) is 9.59 Å². The molecule has 0 aromatic rings. The molecule has 6 nitrogen and oxygen atoms in total. The Morgan fingerprint density at radius 3 is 2.88 bits per heavy atom. The summed E-state index contributed by atoms with van der Waals surface area (Å²) in [5.74, 6) is -0.143. The average Bonchev–Trinajstić information content (AvgIpc) is 2.78. The molecule has 2 amide bonds. The number of carboxylic acids is 1. The fourth-order valence-corrected chi connectivity index (χ4v) is 2.73. The maximum Gasteiger partial charge on any atom is 0.327 e. The number of nitrogens with zero attached hydrogens (tertiary/aromatic N) is 3. The van der Waals surface area contributed by atoms with Gasteiger partial charge in [0.05, 0.1) is 18.4 Å². The Bertz CT molecular complexity index is 342. The molecule has 0 radical (unpaired) electrons. The van der Waals surface area contributed by atoms with Crippen LogP contribution in [-0.2, 0) is 4.79 Å². The predicted octanol–water partition coefficient (Wildman–Crippen LogP) is 0.801. The molecule has 0 spiro atoms. The molecule has 1 heterocycles. The molecule has 0 saturated carbocycles. The number of carbonyl (C=O) groups is 2. The molecule has 1 rings (SSSR count). The molecule has 0 aromatic carbocycles. The fraction of sp³-hybridized carbons (Fsp3) is 0.700. The van der Waals surface area contributed by atoms with E-state index in [2.05, 4.69) is 0 Å². The maximum absolute atomic E-state index is 12.1. The number of hydrogen-bond acceptors (Lipinski definition) is 4. The van der Waals surface area contributed by atoms with Gasteiger partial charge >= 0.3 is 12.0 Å². The van der Waals surface area contributed by atoms with Crippen LogP contribution in [-0.4, -0.2) is 57.7 Å². The summed E-state index contributed by atoms with van der Waals surface area (Å²) in [6, 6.07) is 0.940. The maximum atomic E-state index is 12.1. The molecule has 1 aliphatic rings. The second-order valence-electron chi connectivity index (χ2n) is 3.59. The van der Waals surface area contributed by atoms with Crippen LogP contribution in [0, 0.1) is 11.3 Å². The number of nitriles is 1. The molecule has 94 valence electrons. The number of hydrogen-bond donors (Lipinski definition) is 1. The van der Waals surface area contributed by atoms with Crippen molar-refractivity contribution in [2.45, 2.75) is 19.4 Å². The Kier molecular flexibility index (Phi) is 5.10. The Morgan fingerprint density at radius 2 is 2.35 bits per heavy atom. The van der Waals surface area contributed by atoms with Crippen molar-refractivity contribution in [3.05, 3.63) is 0 Å². The molecular weight excluding hydrogens is 242 g/mol. The quantitative estimate of drug-likeness (QED) is 0.805. The van der Waals surface area contributed by atoms with Crippen LogP contribution in [0.2, 0.25) is 0 Å². The number of urea groups is 1. The number of carbonyl (C=O) groups excluding carboxylic acids is 1. The summed E-state index contributed by atoms with van der Waals surface area (Å²) in [6.45, 7) is 2.64. The van der Waals surface area contributed by atoms with Crippen LogP contribution in [0.3, 0.4) is 0 Å². The molecule has 0 aromatic heterocycles. The SMILES string of the molecule is CCN(CCC#N)C(=O)N1CSC[C@H]1C(=O)O. The summed E-state index contributed by atoms with van der Waals surface area (Å²) in [7, 11) is 0. The monoisotopic (exact) mass is 257 g/mol. The minimum atomic E-state index is -0.973. The molecule has 0 unspecified atom stereocenters. The van der Waals surface area contributed by atoms with Gasteiger partial charge in [-0.3, -0.25) is 0 Å². The van der Waals surface area contributed by atoms with Crippen LogP contribution in [0.4, 0.5) is 4.79 Å². The Balaban J connectivity index is 2.67. The molecule has 0 aliphatic carbocycles. The number of rotatable bonds is 4. The van der Waals surface area contributed by atoms with E-state index in [1.807, 2.05) is 13.0 Å². The summed E-state index contributed by atoms with van der Waals surface area (Å²) in [5.41, 5.74) is 0. The fourth-order valence-electron chi connectivity index (χ4n) is 1.59. The van der Waals surface area contributed by atoms with Gasteiger partial charge < -0.3 is 14.9 Å². The molecule has 7 heteroatoms. The van der Waals surface area contributed by atoms with Gasteiger partial charge in [0.2, 0.25) is 0 Å². The average molecular weight is 257 g/mol. The highest BCUT2D eigenvalue weighted by molar-refractivity contribution is 7.99. The van der Waals surface area contributed by atoms with E-state index in [1.165, 1.54) is 21.6 Å². The highest BCUT2D eigenvalue weighted by atomic mass is 32.2. The van der Waals surface area contributed by atoms with E-state index < -0.39 is 12.0 Å². The summed E-state index contributed by atoms with van der Waals surface area (Å²) in [5, 5.41) is 17.5. The molecular formula is C10H15N3O3S. The van der Waals surface area contributed by atoms with Crippen molar-refractivity contribution in [1.29, 1.82) is 5.26 Å². The molecule has 17 heavy (non-hydrogen) atoms. The lowest BCUT2D eigenvalue weighted by atomic mass is 10.3. The number of thioether (sulfide) groups is 1. The van der Waals surface area contributed by atoms with Crippen molar-refractivity contribution < 1.29 is 14.7 Å². The van der Waals surface area contributed by atoms with Crippen molar-refractivity contribution in [2.75, 3.05) is 24.7 Å².